The summed E-state index contributed by atoms with van der Waals surface area (Å²) in [4.78, 5) is 12.9. The Morgan fingerprint density at radius 2 is 1.86 bits per heavy atom. The first-order chi connectivity index (χ1) is 13.2. The van der Waals surface area contributed by atoms with E-state index in [0.717, 1.165) is 17.8 Å². The summed E-state index contributed by atoms with van der Waals surface area (Å²) < 4.78 is 23.5. The molecule has 1 amide bonds. The monoisotopic (exact) mass is 424 g/mol. The minimum atomic E-state index is -1.28. The number of anilines is 1. The topological polar surface area (TPSA) is 76.7 Å². The van der Waals surface area contributed by atoms with E-state index in [1.54, 1.807) is 18.2 Å². The van der Waals surface area contributed by atoms with E-state index in [1.807, 2.05) is 31.2 Å². The van der Waals surface area contributed by atoms with Crippen LogP contribution in [0, 0.1) is 0 Å². The van der Waals surface area contributed by atoms with Crippen LogP contribution in [0.25, 0.3) is 0 Å². The highest BCUT2D eigenvalue weighted by Gasteiger charge is 2.15. The van der Waals surface area contributed by atoms with Gasteiger partial charge in [-0.15, -0.1) is 12.4 Å². The number of hydrogen-bond donors (Lipinski definition) is 2. The van der Waals surface area contributed by atoms with E-state index in [-0.39, 0.29) is 30.5 Å². The number of fused-ring (bicyclic) bond motifs is 1. The zero-order chi connectivity index (χ0) is 19.1. The quantitative estimate of drug-likeness (QED) is 0.680. The second-order valence-corrected chi connectivity index (χ2v) is 7.66. The molecular weight excluding hydrogens is 400 g/mol. The fraction of sp³-hybridized carbons (Fsp3) is 0.350. The van der Waals surface area contributed by atoms with Crippen molar-refractivity contribution in [3.8, 4) is 11.5 Å². The van der Waals surface area contributed by atoms with Gasteiger partial charge in [0.2, 0.25) is 5.91 Å². The molecule has 2 aromatic rings. The molecule has 0 aromatic heterocycles. The minimum absolute atomic E-state index is 0. The maximum absolute atomic E-state index is 12.5. The normalized spacial score (nSPS) is 13.3. The van der Waals surface area contributed by atoms with E-state index in [0.29, 0.717) is 36.2 Å². The van der Waals surface area contributed by atoms with Crippen LogP contribution in [0.4, 0.5) is 5.69 Å². The summed E-state index contributed by atoms with van der Waals surface area (Å²) in [5, 5.41) is 6.17. The SMILES string of the molecule is CCNCc1ccccc1NC(=O)CCS(=O)c1ccc2c(c1)OCCO2.Cl. The van der Waals surface area contributed by atoms with E-state index in [2.05, 4.69) is 10.6 Å². The molecule has 0 bridgehead atoms. The molecule has 0 radical (unpaired) electrons. The summed E-state index contributed by atoms with van der Waals surface area (Å²) in [6.07, 6.45) is 0.177. The highest BCUT2D eigenvalue weighted by atomic mass is 35.5. The molecule has 8 heteroatoms. The van der Waals surface area contributed by atoms with Gasteiger partial charge in [-0.05, 0) is 30.3 Å². The molecule has 0 saturated carbocycles. The minimum Gasteiger partial charge on any atom is -0.486 e. The van der Waals surface area contributed by atoms with Gasteiger partial charge in [-0.25, -0.2) is 0 Å². The van der Waals surface area contributed by atoms with Crippen molar-refractivity contribution in [1.82, 2.24) is 5.32 Å². The van der Waals surface area contributed by atoms with Gasteiger partial charge in [0.1, 0.15) is 13.2 Å². The van der Waals surface area contributed by atoms with Gasteiger partial charge in [0.05, 0.1) is 10.8 Å². The van der Waals surface area contributed by atoms with Crippen molar-refractivity contribution in [2.45, 2.75) is 24.8 Å². The summed E-state index contributed by atoms with van der Waals surface area (Å²) in [6.45, 7) is 4.59. The van der Waals surface area contributed by atoms with E-state index in [9.17, 15) is 9.00 Å². The lowest BCUT2D eigenvalue weighted by atomic mass is 10.1. The molecule has 2 aromatic carbocycles. The molecule has 152 valence electrons. The fourth-order valence-corrected chi connectivity index (χ4v) is 3.80. The van der Waals surface area contributed by atoms with Crippen LogP contribution in [-0.2, 0) is 22.1 Å². The number of carbonyl (C=O) groups is 1. The zero-order valence-electron chi connectivity index (χ0n) is 15.7. The predicted molar refractivity (Wildman–Crippen MR) is 113 cm³/mol. The Balaban J connectivity index is 0.00000280. The Morgan fingerprint density at radius 3 is 2.64 bits per heavy atom. The standard InChI is InChI=1S/C20H24N2O4S.ClH/c1-2-21-14-15-5-3-4-6-17(15)22-20(23)9-12-27(24)16-7-8-18-19(13-16)26-11-10-25-18;/h3-8,13,21H,2,9-12,14H2,1H3,(H,22,23);1H. The summed E-state index contributed by atoms with van der Waals surface area (Å²) in [5.74, 6) is 1.37. The maximum Gasteiger partial charge on any atom is 0.225 e. The van der Waals surface area contributed by atoms with E-state index in [1.165, 1.54) is 0 Å². The van der Waals surface area contributed by atoms with Crippen molar-refractivity contribution in [1.29, 1.82) is 0 Å². The van der Waals surface area contributed by atoms with Crippen molar-refractivity contribution in [3.05, 3.63) is 48.0 Å². The second kappa shape index (κ2) is 11.0. The average Bonchev–Trinajstić information content (AvgIpc) is 2.71. The van der Waals surface area contributed by atoms with Crippen LogP contribution in [0.2, 0.25) is 0 Å². The van der Waals surface area contributed by atoms with Crippen molar-refractivity contribution in [2.24, 2.45) is 0 Å². The van der Waals surface area contributed by atoms with Crippen LogP contribution in [0.15, 0.2) is 47.4 Å². The summed E-state index contributed by atoms with van der Waals surface area (Å²) >= 11 is 0. The molecule has 2 N–H and O–H groups in total. The number of carbonyl (C=O) groups excluding carboxylic acids is 1. The van der Waals surface area contributed by atoms with Gasteiger partial charge in [-0.3, -0.25) is 9.00 Å². The number of amides is 1. The van der Waals surface area contributed by atoms with Crippen molar-refractivity contribution in [2.75, 3.05) is 30.8 Å². The first-order valence-electron chi connectivity index (χ1n) is 9.04. The van der Waals surface area contributed by atoms with E-state index in [4.69, 9.17) is 9.47 Å². The van der Waals surface area contributed by atoms with Gasteiger partial charge in [0.15, 0.2) is 11.5 Å². The fourth-order valence-electron chi connectivity index (χ4n) is 2.74. The Labute approximate surface area is 173 Å². The molecule has 6 nitrogen and oxygen atoms in total. The smallest absolute Gasteiger partial charge is 0.225 e. The lowest BCUT2D eigenvalue weighted by molar-refractivity contribution is -0.115. The lowest BCUT2D eigenvalue weighted by Gasteiger charge is -2.18. The number of nitrogens with one attached hydrogen (secondary N) is 2. The Morgan fingerprint density at radius 1 is 1.11 bits per heavy atom. The summed E-state index contributed by atoms with van der Waals surface area (Å²) in [7, 11) is -1.28. The molecule has 1 aliphatic rings. The Bertz CT molecular complexity index is 832. The van der Waals surface area contributed by atoms with E-state index < -0.39 is 10.8 Å². The molecule has 1 atom stereocenters. The number of benzene rings is 2. The van der Waals surface area contributed by atoms with Gasteiger partial charge in [0, 0.05) is 35.4 Å². The Hall–Kier alpha value is -2.09. The van der Waals surface area contributed by atoms with Gasteiger partial charge >= 0.3 is 0 Å². The molecule has 1 unspecified atom stereocenters. The van der Waals surface area contributed by atoms with Crippen LogP contribution in [0.5, 0.6) is 11.5 Å². The largest absolute Gasteiger partial charge is 0.486 e. The number of hydrogen-bond acceptors (Lipinski definition) is 5. The third-order valence-corrected chi connectivity index (χ3v) is 5.50. The highest BCUT2D eigenvalue weighted by Crippen LogP contribution is 2.31. The number of ether oxygens (including phenoxy) is 2. The van der Waals surface area contributed by atoms with Crippen molar-refractivity contribution >= 4 is 34.8 Å². The zero-order valence-corrected chi connectivity index (χ0v) is 17.4. The van der Waals surface area contributed by atoms with Gasteiger partial charge in [0.25, 0.3) is 0 Å². The summed E-state index contributed by atoms with van der Waals surface area (Å²) in [5.41, 5.74) is 1.81. The molecule has 1 heterocycles. The number of para-hydroxylation sites is 1. The summed E-state index contributed by atoms with van der Waals surface area (Å²) in [6, 6.07) is 12.9. The number of rotatable bonds is 8. The molecule has 0 saturated heterocycles. The number of halogens is 1. The lowest BCUT2D eigenvalue weighted by Crippen LogP contribution is -2.18. The van der Waals surface area contributed by atoms with Crippen molar-refractivity contribution < 1.29 is 18.5 Å². The van der Waals surface area contributed by atoms with Crippen LogP contribution in [0.3, 0.4) is 0 Å². The van der Waals surface area contributed by atoms with Crippen molar-refractivity contribution in [3.63, 3.8) is 0 Å². The van der Waals surface area contributed by atoms with Crippen LogP contribution in [-0.4, -0.2) is 35.6 Å². The second-order valence-electron chi connectivity index (χ2n) is 6.09. The molecule has 0 aliphatic carbocycles. The first kappa shape index (κ1) is 22.2. The predicted octanol–water partition coefficient (Wildman–Crippen LogP) is 3.13. The van der Waals surface area contributed by atoms with E-state index >= 15 is 0 Å². The molecule has 28 heavy (non-hydrogen) atoms. The molecule has 1 aliphatic heterocycles. The van der Waals surface area contributed by atoms with Crippen LogP contribution in [0.1, 0.15) is 18.9 Å². The van der Waals surface area contributed by atoms with Gasteiger partial charge < -0.3 is 20.1 Å². The van der Waals surface area contributed by atoms with Crippen LogP contribution >= 0.6 is 12.4 Å². The third-order valence-electron chi connectivity index (χ3n) is 4.15. The molecule has 0 fully saturated rings. The average molecular weight is 425 g/mol. The highest BCUT2D eigenvalue weighted by molar-refractivity contribution is 7.85. The molecular formula is C20H25ClN2O4S. The van der Waals surface area contributed by atoms with Gasteiger partial charge in [-0.1, -0.05) is 25.1 Å². The first-order valence-corrected chi connectivity index (χ1v) is 10.4. The van der Waals surface area contributed by atoms with Gasteiger partial charge in [-0.2, -0.15) is 0 Å². The Kier molecular flexibility index (Phi) is 8.76. The molecule has 0 spiro atoms. The van der Waals surface area contributed by atoms with Crippen LogP contribution < -0.4 is 20.1 Å². The molecule has 3 rings (SSSR count). The third kappa shape index (κ3) is 5.95. The maximum atomic E-state index is 12.5.